The van der Waals surface area contributed by atoms with E-state index in [1.54, 1.807) is 0 Å². The summed E-state index contributed by atoms with van der Waals surface area (Å²) in [6.45, 7) is 16.4. The zero-order valence-corrected chi connectivity index (χ0v) is 10.4. The van der Waals surface area contributed by atoms with Gasteiger partial charge in [0.05, 0.1) is 0 Å². The molecule has 14 heavy (non-hydrogen) atoms. The van der Waals surface area contributed by atoms with Crippen LogP contribution in [-0.4, -0.2) is 37.1 Å². The molecule has 0 aliphatic carbocycles. The van der Waals surface area contributed by atoms with Crippen molar-refractivity contribution in [2.75, 3.05) is 26.2 Å². The highest BCUT2D eigenvalue weighted by molar-refractivity contribution is 4.82. The maximum absolute atomic E-state index is 3.59. The van der Waals surface area contributed by atoms with E-state index in [-0.39, 0.29) is 0 Å². The van der Waals surface area contributed by atoms with Gasteiger partial charge >= 0.3 is 0 Å². The molecule has 2 nitrogen and oxygen atoms in total. The van der Waals surface area contributed by atoms with E-state index in [1.165, 1.54) is 19.6 Å². The highest BCUT2D eigenvalue weighted by Crippen LogP contribution is 2.17. The van der Waals surface area contributed by atoms with Crippen LogP contribution in [0.3, 0.4) is 0 Å². The lowest BCUT2D eigenvalue weighted by Gasteiger charge is -2.38. The van der Waals surface area contributed by atoms with Gasteiger partial charge in [0.2, 0.25) is 0 Å². The van der Waals surface area contributed by atoms with E-state index in [2.05, 4.69) is 44.8 Å². The number of rotatable bonds is 2. The van der Waals surface area contributed by atoms with Crippen LogP contribution in [0, 0.1) is 11.3 Å². The minimum absolute atomic E-state index is 0.429. The first-order chi connectivity index (χ1) is 6.38. The minimum atomic E-state index is 0.429. The lowest BCUT2D eigenvalue weighted by molar-refractivity contribution is 0.131. The molecular weight excluding hydrogens is 172 g/mol. The SMILES string of the molecule is CC(C)C1CN(CC(C)(C)C)CCN1. The molecule has 2 heteroatoms. The van der Waals surface area contributed by atoms with Gasteiger partial charge in [-0.2, -0.15) is 0 Å². The predicted molar refractivity (Wildman–Crippen MR) is 62.5 cm³/mol. The Labute approximate surface area is 89.1 Å². The van der Waals surface area contributed by atoms with E-state index in [1.807, 2.05) is 0 Å². The lowest BCUT2D eigenvalue weighted by Crippen LogP contribution is -2.54. The average molecular weight is 198 g/mol. The molecule has 0 aromatic rings. The number of nitrogens with one attached hydrogen (secondary N) is 1. The average Bonchev–Trinajstić information content (AvgIpc) is 2.01. The molecule has 1 N–H and O–H groups in total. The Morgan fingerprint density at radius 3 is 2.50 bits per heavy atom. The molecule has 0 saturated carbocycles. The molecule has 0 aromatic heterocycles. The first kappa shape index (κ1) is 12.0. The summed E-state index contributed by atoms with van der Waals surface area (Å²) >= 11 is 0. The number of nitrogens with zero attached hydrogens (tertiary/aromatic N) is 1. The summed E-state index contributed by atoms with van der Waals surface area (Å²) in [5, 5.41) is 3.59. The van der Waals surface area contributed by atoms with Crippen molar-refractivity contribution in [2.45, 2.75) is 40.7 Å². The van der Waals surface area contributed by atoms with Crippen LogP contribution in [0.4, 0.5) is 0 Å². The van der Waals surface area contributed by atoms with Gasteiger partial charge in [0.25, 0.3) is 0 Å². The van der Waals surface area contributed by atoms with Gasteiger partial charge in [0, 0.05) is 32.2 Å². The van der Waals surface area contributed by atoms with Crippen molar-refractivity contribution < 1.29 is 0 Å². The van der Waals surface area contributed by atoms with Gasteiger partial charge in [-0.3, -0.25) is 4.90 Å². The van der Waals surface area contributed by atoms with Gasteiger partial charge < -0.3 is 5.32 Å². The summed E-state index contributed by atoms with van der Waals surface area (Å²) < 4.78 is 0. The van der Waals surface area contributed by atoms with E-state index in [0.717, 1.165) is 12.5 Å². The fraction of sp³-hybridized carbons (Fsp3) is 1.00. The molecule has 0 aromatic carbocycles. The summed E-state index contributed by atoms with van der Waals surface area (Å²) in [7, 11) is 0. The smallest absolute Gasteiger partial charge is 0.0218 e. The fourth-order valence-electron chi connectivity index (χ4n) is 2.10. The Bertz CT molecular complexity index is 170. The number of hydrogen-bond acceptors (Lipinski definition) is 2. The molecule has 1 atom stereocenters. The van der Waals surface area contributed by atoms with Gasteiger partial charge in [-0.1, -0.05) is 34.6 Å². The third-order valence-electron chi connectivity index (χ3n) is 2.79. The summed E-state index contributed by atoms with van der Waals surface area (Å²) in [6.07, 6.45) is 0. The van der Waals surface area contributed by atoms with Gasteiger partial charge in [0.1, 0.15) is 0 Å². The Hall–Kier alpha value is -0.0800. The second-order valence-corrected chi connectivity index (χ2v) is 6.10. The lowest BCUT2D eigenvalue weighted by atomic mass is 9.94. The summed E-state index contributed by atoms with van der Waals surface area (Å²) in [6, 6.07) is 0.686. The molecule has 1 saturated heterocycles. The Morgan fingerprint density at radius 1 is 1.36 bits per heavy atom. The van der Waals surface area contributed by atoms with Crippen LogP contribution in [0.25, 0.3) is 0 Å². The molecule has 1 unspecified atom stereocenters. The highest BCUT2D eigenvalue weighted by atomic mass is 15.2. The molecular formula is C12H26N2. The van der Waals surface area contributed by atoms with Gasteiger partial charge in [-0.05, 0) is 11.3 Å². The van der Waals surface area contributed by atoms with Crippen LogP contribution >= 0.6 is 0 Å². The Kier molecular flexibility index (Phi) is 3.96. The van der Waals surface area contributed by atoms with Crippen molar-refractivity contribution >= 4 is 0 Å². The normalized spacial score (nSPS) is 25.7. The Balaban J connectivity index is 2.40. The van der Waals surface area contributed by atoms with E-state index in [4.69, 9.17) is 0 Å². The van der Waals surface area contributed by atoms with Crippen molar-refractivity contribution in [2.24, 2.45) is 11.3 Å². The van der Waals surface area contributed by atoms with Gasteiger partial charge in [-0.25, -0.2) is 0 Å². The molecule has 0 bridgehead atoms. The second kappa shape index (κ2) is 4.63. The minimum Gasteiger partial charge on any atom is -0.311 e. The summed E-state index contributed by atoms with van der Waals surface area (Å²) in [5.74, 6) is 0.748. The van der Waals surface area contributed by atoms with Gasteiger partial charge in [-0.15, -0.1) is 0 Å². The van der Waals surface area contributed by atoms with Crippen LogP contribution in [-0.2, 0) is 0 Å². The molecule has 1 fully saturated rings. The van der Waals surface area contributed by atoms with Gasteiger partial charge in [0.15, 0.2) is 0 Å². The third kappa shape index (κ3) is 3.97. The van der Waals surface area contributed by atoms with E-state index in [0.29, 0.717) is 11.5 Å². The largest absolute Gasteiger partial charge is 0.311 e. The number of hydrogen-bond donors (Lipinski definition) is 1. The molecule has 0 spiro atoms. The molecule has 1 aliphatic rings. The summed E-state index contributed by atoms with van der Waals surface area (Å²) in [4.78, 5) is 2.60. The fourth-order valence-corrected chi connectivity index (χ4v) is 2.10. The van der Waals surface area contributed by atoms with Crippen LogP contribution in [0.5, 0.6) is 0 Å². The first-order valence-electron chi connectivity index (χ1n) is 5.84. The molecule has 0 amide bonds. The summed E-state index contributed by atoms with van der Waals surface area (Å²) in [5.41, 5.74) is 0.429. The maximum atomic E-state index is 3.59. The van der Waals surface area contributed by atoms with Crippen molar-refractivity contribution in [1.82, 2.24) is 10.2 Å². The van der Waals surface area contributed by atoms with Crippen molar-refractivity contribution in [3.05, 3.63) is 0 Å². The van der Waals surface area contributed by atoms with Crippen LogP contribution in [0.1, 0.15) is 34.6 Å². The standard InChI is InChI=1S/C12H26N2/c1-10(2)11-8-14(7-6-13-11)9-12(3,4)5/h10-11,13H,6-9H2,1-5H3. The van der Waals surface area contributed by atoms with E-state index < -0.39 is 0 Å². The molecule has 1 rings (SSSR count). The molecule has 1 heterocycles. The van der Waals surface area contributed by atoms with Crippen molar-refractivity contribution in [1.29, 1.82) is 0 Å². The zero-order chi connectivity index (χ0) is 10.8. The van der Waals surface area contributed by atoms with Crippen LogP contribution in [0.15, 0.2) is 0 Å². The maximum Gasteiger partial charge on any atom is 0.0218 e. The Morgan fingerprint density at radius 2 is 2.00 bits per heavy atom. The number of piperazine rings is 1. The molecule has 1 aliphatic heterocycles. The van der Waals surface area contributed by atoms with E-state index >= 15 is 0 Å². The van der Waals surface area contributed by atoms with Crippen LogP contribution < -0.4 is 5.32 Å². The third-order valence-corrected chi connectivity index (χ3v) is 2.79. The quantitative estimate of drug-likeness (QED) is 0.730. The highest BCUT2D eigenvalue weighted by Gasteiger charge is 2.24. The monoisotopic (exact) mass is 198 g/mol. The van der Waals surface area contributed by atoms with Crippen molar-refractivity contribution in [3.8, 4) is 0 Å². The topological polar surface area (TPSA) is 15.3 Å². The predicted octanol–water partition coefficient (Wildman–Crippen LogP) is 1.96. The van der Waals surface area contributed by atoms with Crippen molar-refractivity contribution in [3.63, 3.8) is 0 Å². The molecule has 84 valence electrons. The van der Waals surface area contributed by atoms with E-state index in [9.17, 15) is 0 Å². The van der Waals surface area contributed by atoms with Crippen LogP contribution in [0.2, 0.25) is 0 Å². The zero-order valence-electron chi connectivity index (χ0n) is 10.4. The second-order valence-electron chi connectivity index (χ2n) is 6.10. The first-order valence-corrected chi connectivity index (χ1v) is 5.84. The molecule has 0 radical (unpaired) electrons.